The van der Waals surface area contributed by atoms with Crippen LogP contribution >= 0.6 is 35.2 Å². The van der Waals surface area contributed by atoms with Gasteiger partial charge in [0.1, 0.15) is 36.3 Å². The Hall–Kier alpha value is -3.01. The minimum absolute atomic E-state index is 0.0153. The van der Waals surface area contributed by atoms with Crippen LogP contribution in [0.5, 0.6) is 0 Å². The molecule has 2 amide bonds. The number of carboxylic acid groups (broad SMARTS) is 1. The van der Waals surface area contributed by atoms with Crippen LogP contribution in [0.4, 0.5) is 5.82 Å². The molecule has 2 aromatic heterocycles. The van der Waals surface area contributed by atoms with Crippen molar-refractivity contribution in [3.05, 3.63) is 12.7 Å². The molecule has 31 heteroatoms. The monoisotopic (exact) mass is 868 g/mol. The van der Waals surface area contributed by atoms with Gasteiger partial charge in [-0.25, -0.2) is 28.6 Å². The van der Waals surface area contributed by atoms with E-state index in [1.165, 1.54) is 13.8 Å². The van der Waals surface area contributed by atoms with Gasteiger partial charge in [0.25, 0.3) is 0 Å². The third-order valence-corrected chi connectivity index (χ3v) is 11.3. The molecule has 0 aliphatic carbocycles. The summed E-state index contributed by atoms with van der Waals surface area (Å²) in [6.45, 7) is 0.0146. The van der Waals surface area contributed by atoms with Crippen molar-refractivity contribution < 1.29 is 90.4 Å². The SMILES string of the molecule is CC(C)(COP(=O)(O)OP(=O)(O)OC[C@H]1O[C@@H](n2cnc3c(N)ncnc32)[C@H](O)[C@@H]1OP(=O)(O)O)[C@@H](O)C(=O)NCCC(=O)NCCSC(=O)[C@H](N)C(=O)O. The number of carboxylic acids is 1. The summed E-state index contributed by atoms with van der Waals surface area (Å²) < 4.78 is 61.8. The van der Waals surface area contributed by atoms with E-state index in [0.717, 1.165) is 17.2 Å². The maximum absolute atomic E-state index is 12.6. The Morgan fingerprint density at radius 2 is 1.71 bits per heavy atom. The molecule has 2 aromatic rings. The molecule has 1 fully saturated rings. The molecule has 2 unspecified atom stereocenters. The second-order valence-corrected chi connectivity index (χ2v) is 17.4. The maximum atomic E-state index is 12.6. The fourth-order valence-corrected chi connectivity index (χ4v) is 7.99. The molecule has 55 heavy (non-hydrogen) atoms. The van der Waals surface area contributed by atoms with Crippen LogP contribution < -0.4 is 22.1 Å². The maximum Gasteiger partial charge on any atom is 0.481 e. The molecule has 310 valence electrons. The lowest BCUT2D eigenvalue weighted by Gasteiger charge is -2.30. The van der Waals surface area contributed by atoms with Gasteiger partial charge >= 0.3 is 29.4 Å². The lowest BCUT2D eigenvalue weighted by atomic mass is 9.87. The zero-order chi connectivity index (χ0) is 41.5. The van der Waals surface area contributed by atoms with Gasteiger partial charge in [0.05, 0.1) is 19.5 Å². The Balaban J connectivity index is 1.50. The highest BCUT2D eigenvalue weighted by molar-refractivity contribution is 8.13. The number of hydrogen-bond donors (Lipinski definition) is 11. The minimum Gasteiger partial charge on any atom is -0.480 e. The largest absolute Gasteiger partial charge is 0.481 e. The summed E-state index contributed by atoms with van der Waals surface area (Å²) in [6, 6.07) is -1.71. The van der Waals surface area contributed by atoms with Crippen molar-refractivity contribution in [1.82, 2.24) is 30.2 Å². The van der Waals surface area contributed by atoms with Crippen molar-refractivity contribution in [3.8, 4) is 0 Å². The number of aromatic nitrogens is 4. The average molecular weight is 869 g/mol. The van der Waals surface area contributed by atoms with Crippen molar-refractivity contribution in [2.45, 2.75) is 57.0 Å². The smallest absolute Gasteiger partial charge is 0.480 e. The summed E-state index contributed by atoms with van der Waals surface area (Å²) in [5.74, 6) is -3.15. The molecular weight excluding hydrogens is 829 g/mol. The number of nitrogens with two attached hydrogens (primary N) is 2. The number of carbonyl (C=O) groups is 4. The summed E-state index contributed by atoms with van der Waals surface area (Å²) in [5.41, 5.74) is 9.34. The molecule has 1 aliphatic rings. The molecule has 1 saturated heterocycles. The normalized spacial score (nSPS) is 22.3. The van der Waals surface area contributed by atoms with Gasteiger partial charge in [-0.05, 0) is 0 Å². The number of nitrogens with one attached hydrogen (secondary N) is 2. The topological polar surface area (TPSA) is 427 Å². The number of imidazole rings is 1. The van der Waals surface area contributed by atoms with E-state index in [-0.39, 0.29) is 42.2 Å². The number of aliphatic hydroxyl groups is 2. The van der Waals surface area contributed by atoms with Crippen molar-refractivity contribution in [2.75, 3.05) is 37.8 Å². The van der Waals surface area contributed by atoms with Gasteiger partial charge in [-0.15, -0.1) is 0 Å². The number of anilines is 1. The van der Waals surface area contributed by atoms with E-state index in [2.05, 4.69) is 34.4 Å². The minimum atomic E-state index is -5.59. The third-order valence-electron chi connectivity index (χ3n) is 7.27. The standard InChI is InChI=1S/C24H39N8O19P3S/c1-24(2,17(35)20(36)28-4-3-12(33)27-5-6-55-23(39)13(25)22(37)38)8-48-54(45,46)51-53(43,44)47-7-11-16(50-52(40,41)42)15(34)21(49-11)32-10-31-14-18(26)29-9-30-19(14)32/h9-11,13,15-17,21,34-35H,3-8,25H2,1-2H3,(H,27,33)(H,28,36)(H,37,38)(H,43,44)(H,45,46)(H2,26,29,30)(H2,40,41,42)/t11-,13-,15-,16-,17+,21-/m1/s1. The lowest BCUT2D eigenvalue weighted by molar-refractivity contribution is -0.140. The Morgan fingerprint density at radius 3 is 2.35 bits per heavy atom. The highest BCUT2D eigenvalue weighted by Gasteiger charge is 2.50. The molecule has 0 bridgehead atoms. The molecule has 0 aromatic carbocycles. The first-order valence-corrected chi connectivity index (χ1v) is 20.9. The number of phosphoric acid groups is 3. The summed E-state index contributed by atoms with van der Waals surface area (Å²) in [5, 5.41) is 33.9. The van der Waals surface area contributed by atoms with Crippen LogP contribution in [-0.4, -0.2) is 140 Å². The van der Waals surface area contributed by atoms with Crippen molar-refractivity contribution in [2.24, 2.45) is 11.1 Å². The number of rotatable bonds is 21. The Bertz CT molecular complexity index is 1860. The number of aliphatic carboxylic acids is 1. The quantitative estimate of drug-likeness (QED) is 0.0340. The zero-order valence-corrected chi connectivity index (χ0v) is 32.1. The molecule has 0 saturated carbocycles. The first-order valence-electron chi connectivity index (χ1n) is 15.4. The number of ether oxygens (including phenoxy) is 1. The Labute approximate surface area is 313 Å². The highest BCUT2D eigenvalue weighted by Crippen LogP contribution is 2.61. The van der Waals surface area contributed by atoms with Gasteiger partial charge in [-0.3, -0.25) is 37.3 Å². The van der Waals surface area contributed by atoms with Crippen LogP contribution in [0.15, 0.2) is 12.7 Å². The lowest BCUT2D eigenvalue weighted by Crippen LogP contribution is -2.46. The number of amides is 2. The van der Waals surface area contributed by atoms with Crippen molar-refractivity contribution in [1.29, 1.82) is 0 Å². The van der Waals surface area contributed by atoms with Gasteiger partial charge in [0.15, 0.2) is 23.7 Å². The molecule has 0 spiro atoms. The van der Waals surface area contributed by atoms with Gasteiger partial charge in [-0.1, -0.05) is 25.6 Å². The number of phosphoric ester groups is 3. The van der Waals surface area contributed by atoms with Crippen LogP contribution in [0.3, 0.4) is 0 Å². The fraction of sp³-hybridized carbons (Fsp3) is 0.625. The summed E-state index contributed by atoms with van der Waals surface area (Å²) >= 11 is 0.601. The first kappa shape index (κ1) is 46.4. The van der Waals surface area contributed by atoms with Crippen LogP contribution in [0.25, 0.3) is 11.2 Å². The predicted molar refractivity (Wildman–Crippen MR) is 183 cm³/mol. The number of thioether (sulfide) groups is 1. The number of carbonyl (C=O) groups excluding carboxylic acids is 3. The number of nitrogens with zero attached hydrogens (tertiary/aromatic N) is 4. The second kappa shape index (κ2) is 19.0. The predicted octanol–water partition coefficient (Wildman–Crippen LogP) is -2.92. The molecule has 8 atom stereocenters. The molecule has 3 heterocycles. The molecule has 1 aliphatic heterocycles. The van der Waals surface area contributed by atoms with Crippen molar-refractivity contribution in [3.63, 3.8) is 0 Å². The van der Waals surface area contributed by atoms with E-state index in [4.69, 9.17) is 30.4 Å². The van der Waals surface area contributed by atoms with Crippen LogP contribution in [-0.2, 0) is 55.5 Å². The highest BCUT2D eigenvalue weighted by atomic mass is 32.2. The molecule has 27 nitrogen and oxygen atoms in total. The van der Waals surface area contributed by atoms with E-state index in [1.807, 2.05) is 0 Å². The van der Waals surface area contributed by atoms with Gasteiger partial charge < -0.3 is 61.7 Å². The average Bonchev–Trinajstić information content (AvgIpc) is 3.64. The number of hydrogen-bond acceptors (Lipinski definition) is 20. The summed E-state index contributed by atoms with van der Waals surface area (Å²) in [7, 11) is -16.5. The summed E-state index contributed by atoms with van der Waals surface area (Å²) in [6.07, 6.45) is -7.18. The van der Waals surface area contributed by atoms with Gasteiger partial charge in [0, 0.05) is 30.7 Å². The van der Waals surface area contributed by atoms with E-state index >= 15 is 0 Å². The van der Waals surface area contributed by atoms with Crippen LogP contribution in [0.1, 0.15) is 26.5 Å². The number of fused-ring (bicyclic) bond motifs is 1. The first-order chi connectivity index (χ1) is 25.3. The van der Waals surface area contributed by atoms with E-state index in [9.17, 15) is 62.7 Å². The van der Waals surface area contributed by atoms with Crippen molar-refractivity contribution >= 4 is 75.1 Å². The molecule has 0 radical (unpaired) electrons. The van der Waals surface area contributed by atoms with Crippen LogP contribution in [0, 0.1) is 5.41 Å². The van der Waals surface area contributed by atoms with E-state index in [1.54, 1.807) is 0 Å². The Morgan fingerprint density at radius 1 is 1.05 bits per heavy atom. The summed E-state index contributed by atoms with van der Waals surface area (Å²) in [4.78, 5) is 97.5. The zero-order valence-electron chi connectivity index (χ0n) is 28.6. The number of aliphatic hydroxyl groups excluding tert-OH is 2. The second-order valence-electron chi connectivity index (χ2n) is 12.1. The molecule has 13 N–H and O–H groups in total. The van der Waals surface area contributed by atoms with Gasteiger partial charge in [-0.2, -0.15) is 4.31 Å². The molecular formula is C24H39N8O19P3S. The van der Waals surface area contributed by atoms with Crippen LogP contribution in [0.2, 0.25) is 0 Å². The number of nitrogen functional groups attached to an aromatic ring is 1. The third kappa shape index (κ3) is 13.6. The fourth-order valence-electron chi connectivity index (χ4n) is 4.47. The van der Waals surface area contributed by atoms with E-state index in [0.29, 0.717) is 11.8 Å². The van der Waals surface area contributed by atoms with E-state index < -0.39 is 102 Å². The Kier molecular flexibility index (Phi) is 16.0. The van der Waals surface area contributed by atoms with Gasteiger partial charge in [0.2, 0.25) is 16.9 Å². The molecule has 3 rings (SSSR count).